The molecule has 6 N–H and O–H groups in total. The highest BCUT2D eigenvalue weighted by atomic mass is 35.5. The summed E-state index contributed by atoms with van der Waals surface area (Å²) in [6.45, 7) is 13.2. The number of ether oxygens (including phenoxy) is 2. The van der Waals surface area contributed by atoms with Gasteiger partial charge in [0, 0.05) is 109 Å². The van der Waals surface area contributed by atoms with E-state index in [0.29, 0.717) is 70.8 Å². The Morgan fingerprint density at radius 1 is 0.598 bits per heavy atom. The van der Waals surface area contributed by atoms with E-state index in [1.54, 1.807) is 53.8 Å². The van der Waals surface area contributed by atoms with Crippen LogP contribution in [0.3, 0.4) is 0 Å². The van der Waals surface area contributed by atoms with E-state index in [0.717, 1.165) is 95.3 Å². The third kappa shape index (κ3) is 21.9. The van der Waals surface area contributed by atoms with Gasteiger partial charge in [-0.2, -0.15) is 0 Å². The number of nitrogens with zero attached hydrogens (tertiary/aromatic N) is 11. The first-order valence-electron chi connectivity index (χ1n) is 32.6. The molecule has 6 heterocycles. The Kier molecular flexibility index (Phi) is 25.9. The molecule has 2 fully saturated rings. The number of hydrogen-bond acceptors (Lipinski definition) is 17. The van der Waals surface area contributed by atoms with Crippen molar-refractivity contribution in [3.05, 3.63) is 156 Å². The van der Waals surface area contributed by atoms with Crippen LogP contribution in [0.15, 0.2) is 134 Å². The Morgan fingerprint density at radius 3 is 1.46 bits per heavy atom. The number of aromatic amines is 2. The Morgan fingerprint density at radius 2 is 1.05 bits per heavy atom. The summed E-state index contributed by atoms with van der Waals surface area (Å²) in [7, 11) is 11.2. The third-order valence-electron chi connectivity index (χ3n) is 16.0. The van der Waals surface area contributed by atoms with E-state index >= 15 is 0 Å². The average molecular weight is 1360 g/mol. The SMILES string of the molecule is CN(C)C/C=C/C(=O)N(C)c1ccc(CN(C(=O)OC(C)(C)C)[C@H]2CCC[C@@H](Nc3ncc(Cl)c(-c4c[nH]c5ccccc45)n3)C2)nc1.CN(C)C/C=C/C(=O)O.CNc1ccc(CN(C(=O)OC(C)(C)C)[C@H]2CCC[C@@H](Nc3ncc(Cl)c(-c4c[nH]c5ccccc45)n3)C2)nc1. The van der Waals surface area contributed by atoms with Gasteiger partial charge in [-0.25, -0.2) is 34.3 Å². The number of pyridine rings is 2. The maximum absolute atomic E-state index is 13.6. The molecule has 2 aliphatic rings. The maximum Gasteiger partial charge on any atom is 0.410 e. The number of aromatic nitrogens is 8. The molecule has 10 rings (SSSR count). The van der Waals surface area contributed by atoms with Crippen LogP contribution < -0.4 is 20.9 Å². The van der Waals surface area contributed by atoms with Crippen molar-refractivity contribution in [2.24, 2.45) is 0 Å². The van der Waals surface area contributed by atoms with Gasteiger partial charge in [-0.15, -0.1) is 0 Å². The molecule has 2 aromatic carbocycles. The zero-order valence-electron chi connectivity index (χ0n) is 57.6. The molecule has 0 unspecified atom stereocenters. The molecule has 0 aliphatic heterocycles. The molecule has 2 aliphatic carbocycles. The smallest absolute Gasteiger partial charge is 0.410 e. The van der Waals surface area contributed by atoms with E-state index in [2.05, 4.69) is 45.9 Å². The standard InChI is InChI=1S/C36H45ClN8O3.C30H36ClN7O2.C6H11NO2/c1-36(2,3)48-35(47)45(23-25-16-17-27(20-38-25)44(6)32(46)15-10-18-43(4)5)26-12-9-11-24(19-26)41-34-40-22-30(37)33(42-34)29-21-39-31-14-8-7-13-28(29)31;1-30(2,3)40-29(39)38(18-21-13-12-20(32-4)15-33-21)22-9-7-8-19(14-22)36-28-35-17-25(31)27(37-28)24-16-34-26-11-6-5-10-23(24)26;1-7(2)5-3-4-6(8)9/h7-8,10,13-17,20-22,24,26,39H,9,11-12,18-19,23H2,1-6H3,(H,40,41,42);5-6,10-13,15-17,19,22,32,34H,7-9,14,18H2,1-4H3,(H,35,36,37);3-4H,5H2,1-2H3,(H,8,9)/b15-10+;;4-3+/t24-,26+;19-,22+;/m11./s1. The highest BCUT2D eigenvalue weighted by molar-refractivity contribution is 6.33. The topological polar surface area (TPSA) is 268 Å². The molecule has 6 aromatic heterocycles. The van der Waals surface area contributed by atoms with Gasteiger partial charge >= 0.3 is 18.2 Å². The van der Waals surface area contributed by atoms with E-state index in [1.807, 2.05) is 183 Å². The quantitative estimate of drug-likeness (QED) is 0.0387. The van der Waals surface area contributed by atoms with E-state index in [4.69, 9.17) is 47.8 Å². The molecule has 8 aromatic rings. The number of para-hydroxylation sites is 2. The van der Waals surface area contributed by atoms with Gasteiger partial charge in [0.15, 0.2) is 0 Å². The minimum absolute atomic E-state index is 0.0211. The van der Waals surface area contributed by atoms with Crippen molar-refractivity contribution < 1.29 is 33.8 Å². The van der Waals surface area contributed by atoms with Crippen LogP contribution in [-0.2, 0) is 32.2 Å². The number of amides is 3. The van der Waals surface area contributed by atoms with Crippen molar-refractivity contribution in [3.63, 3.8) is 0 Å². The van der Waals surface area contributed by atoms with Gasteiger partial charge in [0.25, 0.3) is 0 Å². The lowest BCUT2D eigenvalue weighted by Gasteiger charge is -2.38. The zero-order valence-corrected chi connectivity index (χ0v) is 59.1. The molecule has 0 spiro atoms. The van der Waals surface area contributed by atoms with Crippen LogP contribution in [-0.4, -0.2) is 179 Å². The Labute approximate surface area is 578 Å². The molecule has 0 saturated heterocycles. The number of likely N-dealkylation sites (N-methyl/N-ethyl adjacent to an activating group) is 3. The second-order valence-electron chi connectivity index (χ2n) is 26.7. The lowest BCUT2D eigenvalue weighted by molar-refractivity contribution is -0.131. The number of fused-ring (bicyclic) bond motifs is 2. The summed E-state index contributed by atoms with van der Waals surface area (Å²) in [5.41, 5.74) is 7.05. The molecule has 23 nitrogen and oxygen atoms in total. The summed E-state index contributed by atoms with van der Waals surface area (Å²) >= 11 is 13.1. The highest BCUT2D eigenvalue weighted by Gasteiger charge is 2.35. The summed E-state index contributed by atoms with van der Waals surface area (Å²) in [5, 5.41) is 21.3. The van der Waals surface area contributed by atoms with E-state index in [-0.39, 0.29) is 48.8 Å². The number of H-pyrrole nitrogens is 2. The summed E-state index contributed by atoms with van der Waals surface area (Å²) < 4.78 is 11.7. The minimum atomic E-state index is -0.892. The minimum Gasteiger partial charge on any atom is -0.478 e. The second kappa shape index (κ2) is 34.2. The van der Waals surface area contributed by atoms with Gasteiger partial charge in [0.2, 0.25) is 17.8 Å². The summed E-state index contributed by atoms with van der Waals surface area (Å²) in [5.74, 6) is -0.0253. The maximum atomic E-state index is 13.6. The Bertz CT molecular complexity index is 3980. The second-order valence-corrected chi connectivity index (χ2v) is 27.5. The van der Waals surface area contributed by atoms with Gasteiger partial charge < -0.3 is 55.2 Å². The van der Waals surface area contributed by atoms with Crippen molar-refractivity contribution in [2.45, 2.75) is 141 Å². The number of carboxylic acid groups (broad SMARTS) is 1. The van der Waals surface area contributed by atoms with Crippen molar-refractivity contribution in [1.82, 2.24) is 59.5 Å². The van der Waals surface area contributed by atoms with Gasteiger partial charge in [0.05, 0.1) is 82.1 Å². The van der Waals surface area contributed by atoms with Crippen molar-refractivity contribution in [2.75, 3.05) is 76.2 Å². The first kappa shape index (κ1) is 73.6. The summed E-state index contributed by atoms with van der Waals surface area (Å²) in [6.07, 6.45) is 22.8. The normalized spacial score (nSPS) is 16.5. The van der Waals surface area contributed by atoms with Gasteiger partial charge in [0.1, 0.15) is 11.2 Å². The van der Waals surface area contributed by atoms with Crippen LogP contribution in [0, 0.1) is 0 Å². The lowest BCUT2D eigenvalue weighted by Crippen LogP contribution is -2.47. The van der Waals surface area contributed by atoms with Crippen LogP contribution in [0.2, 0.25) is 10.0 Å². The molecule has 97 heavy (non-hydrogen) atoms. The predicted octanol–water partition coefficient (Wildman–Crippen LogP) is 14.0. The van der Waals surface area contributed by atoms with Gasteiger partial charge in [-0.3, -0.25) is 24.6 Å². The predicted molar refractivity (Wildman–Crippen MR) is 386 cm³/mol. The number of halogens is 2. The highest BCUT2D eigenvalue weighted by Crippen LogP contribution is 2.36. The largest absolute Gasteiger partial charge is 0.478 e. The third-order valence-corrected chi connectivity index (χ3v) is 16.6. The van der Waals surface area contributed by atoms with Crippen LogP contribution in [0.1, 0.15) is 104 Å². The van der Waals surface area contributed by atoms with Crippen LogP contribution in [0.25, 0.3) is 44.3 Å². The van der Waals surface area contributed by atoms with Crippen molar-refractivity contribution in [3.8, 4) is 22.5 Å². The Balaban J connectivity index is 0.000000222. The fourth-order valence-electron chi connectivity index (χ4n) is 11.3. The molecular formula is C72H92Cl2N16O7. The number of aliphatic carboxylic acids is 1. The molecule has 4 atom stereocenters. The van der Waals surface area contributed by atoms with Crippen molar-refractivity contribution >= 4 is 92.3 Å². The van der Waals surface area contributed by atoms with E-state index in [1.165, 1.54) is 0 Å². The number of anilines is 4. The number of carboxylic acids is 1. The van der Waals surface area contributed by atoms with E-state index < -0.39 is 17.2 Å². The molecule has 2 saturated carbocycles. The van der Waals surface area contributed by atoms with Crippen molar-refractivity contribution in [1.29, 1.82) is 0 Å². The zero-order chi connectivity index (χ0) is 70.0. The molecule has 516 valence electrons. The van der Waals surface area contributed by atoms with Gasteiger partial charge in [-0.05, 0) is 157 Å². The fraction of sp³-hybridized carbons (Fsp3) is 0.417. The first-order valence-corrected chi connectivity index (χ1v) is 33.4. The molecule has 3 amide bonds. The molecule has 25 heteroatoms. The van der Waals surface area contributed by atoms with E-state index in [9.17, 15) is 19.2 Å². The summed E-state index contributed by atoms with van der Waals surface area (Å²) in [6, 6.07) is 23.7. The fourth-order valence-corrected chi connectivity index (χ4v) is 11.7. The number of hydrogen-bond donors (Lipinski definition) is 6. The molecular weight excluding hydrogens is 1270 g/mol. The lowest BCUT2D eigenvalue weighted by atomic mass is 9.90. The molecule has 0 bridgehead atoms. The molecule has 0 radical (unpaired) electrons. The van der Waals surface area contributed by atoms with Crippen LogP contribution in [0.5, 0.6) is 0 Å². The number of benzene rings is 2. The monoisotopic (exact) mass is 1360 g/mol. The average Bonchev–Trinajstić information content (AvgIpc) is 1.71. The van der Waals surface area contributed by atoms with Crippen LogP contribution >= 0.6 is 23.2 Å². The Hall–Kier alpha value is -9.16. The number of carbonyl (C=O) groups is 4. The van der Waals surface area contributed by atoms with Gasteiger partial charge in [-0.1, -0.05) is 71.8 Å². The number of carbonyl (C=O) groups excluding carboxylic acids is 3. The van der Waals surface area contributed by atoms with Crippen LogP contribution in [0.4, 0.5) is 32.9 Å². The number of nitrogens with one attached hydrogen (secondary N) is 5. The first-order chi connectivity index (χ1) is 46.2. The summed E-state index contributed by atoms with van der Waals surface area (Å²) in [4.78, 5) is 92.8. The number of rotatable bonds is 20.